The van der Waals surface area contributed by atoms with E-state index in [-0.39, 0.29) is 5.11 Å². The zero-order valence-corrected chi connectivity index (χ0v) is 17.1. The van der Waals surface area contributed by atoms with E-state index in [0.29, 0.717) is 31.4 Å². The van der Waals surface area contributed by atoms with Gasteiger partial charge in [-0.3, -0.25) is 10.1 Å². The second-order valence-electron chi connectivity index (χ2n) is 5.14. The van der Waals surface area contributed by atoms with Gasteiger partial charge in [0.05, 0.1) is 17.8 Å². The Balaban J connectivity index is 1.79. The van der Waals surface area contributed by atoms with Crippen LogP contribution < -0.4 is 15.4 Å². The molecule has 0 aliphatic carbocycles. The third-order valence-electron chi connectivity index (χ3n) is 3.43. The molecule has 1 aromatic heterocycles. The molecule has 0 fully saturated rings. The predicted octanol–water partition coefficient (Wildman–Crippen LogP) is 6.00. The minimum atomic E-state index is -0.411. The number of thiophene rings is 1. The molecule has 134 valence electrons. The van der Waals surface area contributed by atoms with Gasteiger partial charge in [0.25, 0.3) is 5.91 Å². The van der Waals surface area contributed by atoms with Crippen LogP contribution in [0.5, 0.6) is 5.75 Å². The predicted molar refractivity (Wildman–Crippen MR) is 114 cm³/mol. The molecule has 1 heterocycles. The van der Waals surface area contributed by atoms with Gasteiger partial charge in [-0.2, -0.15) is 0 Å². The third-order valence-corrected chi connectivity index (χ3v) is 5.76. The molecule has 9 heteroatoms. The van der Waals surface area contributed by atoms with Crippen LogP contribution in [0.1, 0.15) is 9.67 Å². The van der Waals surface area contributed by atoms with Gasteiger partial charge in [-0.25, -0.2) is 0 Å². The molecule has 0 aliphatic rings. The largest absolute Gasteiger partial charge is 0.495 e. The molecule has 0 aliphatic heterocycles. The van der Waals surface area contributed by atoms with E-state index < -0.39 is 5.91 Å². The van der Waals surface area contributed by atoms with Gasteiger partial charge in [-0.1, -0.05) is 40.9 Å². The molecule has 0 bridgehead atoms. The number of carbonyl (C=O) groups is 1. The number of hydrogen-bond acceptors (Lipinski definition) is 4. The Morgan fingerprint density at radius 1 is 1.12 bits per heavy atom. The van der Waals surface area contributed by atoms with E-state index in [2.05, 4.69) is 10.6 Å². The Morgan fingerprint density at radius 3 is 2.54 bits per heavy atom. The van der Waals surface area contributed by atoms with E-state index in [1.807, 2.05) is 0 Å². The number of fused-ring (bicyclic) bond motifs is 1. The zero-order chi connectivity index (χ0) is 18.8. The van der Waals surface area contributed by atoms with Crippen LogP contribution in [0.3, 0.4) is 0 Å². The molecule has 0 radical (unpaired) electrons. The van der Waals surface area contributed by atoms with E-state index in [1.54, 1.807) is 36.4 Å². The van der Waals surface area contributed by atoms with E-state index >= 15 is 0 Å². The summed E-state index contributed by atoms with van der Waals surface area (Å²) in [5.74, 6) is 0.131. The molecular weight excluding hydrogens is 435 g/mol. The fraction of sp³-hybridized carbons (Fsp3) is 0.0588. The van der Waals surface area contributed by atoms with E-state index in [9.17, 15) is 4.79 Å². The summed E-state index contributed by atoms with van der Waals surface area (Å²) in [4.78, 5) is 12.9. The lowest BCUT2D eigenvalue weighted by molar-refractivity contribution is 0.0982. The van der Waals surface area contributed by atoms with Crippen LogP contribution in [-0.4, -0.2) is 18.1 Å². The molecule has 2 aromatic carbocycles. The second-order valence-corrected chi connectivity index (χ2v) is 7.85. The number of benzene rings is 2. The number of halogens is 3. The van der Waals surface area contributed by atoms with Gasteiger partial charge >= 0.3 is 0 Å². The van der Waals surface area contributed by atoms with Crippen molar-refractivity contribution in [2.75, 3.05) is 12.4 Å². The van der Waals surface area contributed by atoms with Gasteiger partial charge in [0.2, 0.25) is 0 Å². The minimum absolute atomic E-state index is 0.0992. The number of nitrogens with one attached hydrogen (secondary N) is 2. The van der Waals surface area contributed by atoms with E-state index in [0.717, 1.165) is 10.1 Å². The Labute approximate surface area is 174 Å². The zero-order valence-electron chi connectivity index (χ0n) is 13.2. The third kappa shape index (κ3) is 4.05. The Morgan fingerprint density at radius 2 is 1.81 bits per heavy atom. The number of carbonyl (C=O) groups excluding carboxylic acids is 1. The topological polar surface area (TPSA) is 50.4 Å². The average molecular weight is 446 g/mol. The molecule has 3 rings (SSSR count). The van der Waals surface area contributed by atoms with Crippen LogP contribution in [0.15, 0.2) is 36.4 Å². The molecule has 3 aromatic rings. The number of ether oxygens (including phenoxy) is 1. The van der Waals surface area contributed by atoms with Gasteiger partial charge < -0.3 is 10.1 Å². The summed E-state index contributed by atoms with van der Waals surface area (Å²) in [7, 11) is 1.53. The van der Waals surface area contributed by atoms with Crippen LogP contribution in [0.25, 0.3) is 10.1 Å². The lowest BCUT2D eigenvalue weighted by atomic mass is 10.2. The number of anilines is 1. The lowest BCUT2D eigenvalue weighted by Crippen LogP contribution is -2.33. The van der Waals surface area contributed by atoms with Crippen LogP contribution in [0, 0.1) is 0 Å². The maximum Gasteiger partial charge on any atom is 0.269 e. The molecule has 26 heavy (non-hydrogen) atoms. The minimum Gasteiger partial charge on any atom is -0.495 e. The van der Waals surface area contributed by atoms with Crippen molar-refractivity contribution in [2.24, 2.45) is 0 Å². The van der Waals surface area contributed by atoms with Crippen LogP contribution >= 0.6 is 58.4 Å². The summed E-state index contributed by atoms with van der Waals surface area (Å²) in [5, 5.41) is 7.81. The molecule has 0 saturated heterocycles. The van der Waals surface area contributed by atoms with Gasteiger partial charge in [0, 0.05) is 20.1 Å². The van der Waals surface area contributed by atoms with Crippen LogP contribution in [-0.2, 0) is 0 Å². The monoisotopic (exact) mass is 444 g/mol. The molecule has 0 spiro atoms. The Bertz CT molecular complexity index is 1020. The normalized spacial score (nSPS) is 10.6. The van der Waals surface area contributed by atoms with Crippen molar-refractivity contribution in [3.8, 4) is 5.75 Å². The SMILES string of the molecule is COc1ccc(Cl)cc1NC(=S)NC(=O)c1sc2cc(Cl)ccc2c1Cl. The molecule has 0 saturated carbocycles. The Kier molecular flexibility index (Phi) is 5.89. The lowest BCUT2D eigenvalue weighted by Gasteiger charge is -2.12. The number of thiocarbonyl (C=S) groups is 1. The van der Waals surface area contributed by atoms with Crippen LogP contribution in [0.2, 0.25) is 15.1 Å². The first kappa shape index (κ1) is 19.2. The summed E-state index contributed by atoms with van der Waals surface area (Å²) in [6.45, 7) is 0. The molecular formula is C17H11Cl3N2O2S2. The van der Waals surface area contributed by atoms with Crippen molar-refractivity contribution in [3.63, 3.8) is 0 Å². The molecule has 2 N–H and O–H groups in total. The van der Waals surface area contributed by atoms with Crippen molar-refractivity contribution < 1.29 is 9.53 Å². The second kappa shape index (κ2) is 7.98. The number of hydrogen-bond donors (Lipinski definition) is 2. The highest BCUT2D eigenvalue weighted by Crippen LogP contribution is 2.36. The fourth-order valence-electron chi connectivity index (χ4n) is 2.28. The molecule has 1 amide bonds. The van der Waals surface area contributed by atoms with Gasteiger partial charge in [0.1, 0.15) is 10.6 Å². The van der Waals surface area contributed by atoms with Crippen LogP contribution in [0.4, 0.5) is 5.69 Å². The van der Waals surface area contributed by atoms with Crippen molar-refractivity contribution in [1.82, 2.24) is 5.32 Å². The molecule has 0 unspecified atom stereocenters. The first-order valence-corrected chi connectivity index (χ1v) is 9.58. The van der Waals surface area contributed by atoms with Gasteiger partial charge in [-0.05, 0) is 42.5 Å². The highest BCUT2D eigenvalue weighted by atomic mass is 35.5. The highest BCUT2D eigenvalue weighted by Gasteiger charge is 2.18. The average Bonchev–Trinajstić information content (AvgIpc) is 2.91. The van der Waals surface area contributed by atoms with Crippen molar-refractivity contribution in [3.05, 3.63) is 56.3 Å². The molecule has 4 nitrogen and oxygen atoms in total. The summed E-state index contributed by atoms with van der Waals surface area (Å²) >= 11 is 24.7. The van der Waals surface area contributed by atoms with Gasteiger partial charge in [-0.15, -0.1) is 11.3 Å². The Hall–Kier alpha value is -1.57. The fourth-order valence-corrected chi connectivity index (χ4v) is 4.34. The highest BCUT2D eigenvalue weighted by molar-refractivity contribution is 7.80. The van der Waals surface area contributed by atoms with Gasteiger partial charge in [0.15, 0.2) is 5.11 Å². The van der Waals surface area contributed by atoms with Crippen molar-refractivity contribution >= 4 is 85.2 Å². The summed E-state index contributed by atoms with van der Waals surface area (Å²) < 4.78 is 6.06. The van der Waals surface area contributed by atoms with E-state index in [1.165, 1.54) is 18.4 Å². The molecule has 0 atom stereocenters. The summed E-state index contributed by atoms with van der Waals surface area (Å²) in [5.41, 5.74) is 0.541. The van der Waals surface area contributed by atoms with E-state index in [4.69, 9.17) is 51.8 Å². The first-order valence-electron chi connectivity index (χ1n) is 7.22. The first-order chi connectivity index (χ1) is 12.4. The summed E-state index contributed by atoms with van der Waals surface area (Å²) in [6.07, 6.45) is 0. The maximum atomic E-state index is 12.5. The number of amides is 1. The summed E-state index contributed by atoms with van der Waals surface area (Å²) in [6, 6.07) is 10.3. The van der Waals surface area contributed by atoms with Crippen molar-refractivity contribution in [2.45, 2.75) is 0 Å². The number of rotatable bonds is 3. The van der Waals surface area contributed by atoms with Crippen molar-refractivity contribution in [1.29, 1.82) is 0 Å². The standard InChI is InChI=1S/C17H11Cl3N2O2S2/c1-24-12-5-3-8(18)6-11(12)21-17(25)22-16(23)15-14(20)10-4-2-9(19)7-13(10)26-15/h2-7H,1H3,(H2,21,22,23,25). The smallest absolute Gasteiger partial charge is 0.269 e. The maximum absolute atomic E-state index is 12.5. The number of methoxy groups -OCH3 is 1. The quantitative estimate of drug-likeness (QED) is 0.486.